The Morgan fingerprint density at radius 3 is 2.78 bits per heavy atom. The van der Waals surface area contributed by atoms with Gasteiger partial charge in [0.05, 0.1) is 6.26 Å². The van der Waals surface area contributed by atoms with Crippen LogP contribution in [-0.2, 0) is 11.2 Å². The van der Waals surface area contributed by atoms with Gasteiger partial charge in [-0.1, -0.05) is 6.92 Å². The average molecular weight is 265 g/mol. The van der Waals surface area contributed by atoms with E-state index in [4.69, 9.17) is 4.42 Å². The van der Waals surface area contributed by atoms with Gasteiger partial charge in [0.1, 0.15) is 12.4 Å². The number of nitrogens with one attached hydrogen (secondary N) is 1. The predicted octanol–water partition coefficient (Wildman–Crippen LogP) is 2.77. The lowest BCUT2D eigenvalue weighted by Gasteiger charge is -2.17. The van der Waals surface area contributed by atoms with Gasteiger partial charge in [-0.05, 0) is 25.1 Å². The molecule has 0 aliphatic heterocycles. The molecule has 1 atom stereocenters. The normalized spacial score (nSPS) is 13.8. The molecule has 0 amide bonds. The van der Waals surface area contributed by atoms with E-state index in [0.29, 0.717) is 12.8 Å². The molecule has 1 heterocycles. The van der Waals surface area contributed by atoms with Crippen molar-refractivity contribution >= 4 is 0 Å². The van der Waals surface area contributed by atoms with Crippen LogP contribution in [0.5, 0.6) is 0 Å². The van der Waals surface area contributed by atoms with Crippen LogP contribution in [-0.4, -0.2) is 32.0 Å². The Morgan fingerprint density at radius 2 is 2.22 bits per heavy atom. The summed E-state index contributed by atoms with van der Waals surface area (Å²) in [4.78, 5) is 0. The van der Waals surface area contributed by atoms with Gasteiger partial charge in [-0.15, -0.1) is 0 Å². The van der Waals surface area contributed by atoms with Crippen molar-refractivity contribution in [1.29, 1.82) is 0 Å². The molecule has 18 heavy (non-hydrogen) atoms. The molecule has 104 valence electrons. The van der Waals surface area contributed by atoms with Crippen LogP contribution in [0, 0.1) is 0 Å². The number of ether oxygens (including phenoxy) is 1. The molecule has 0 radical (unpaired) electrons. The smallest absolute Gasteiger partial charge is 0.411 e. The van der Waals surface area contributed by atoms with Crippen LogP contribution in [0.25, 0.3) is 0 Å². The van der Waals surface area contributed by atoms with E-state index >= 15 is 0 Å². The molecule has 1 N–H and O–H groups in total. The fraction of sp³-hybridized carbons (Fsp3) is 0.667. The fourth-order valence-electron chi connectivity index (χ4n) is 1.65. The second-order valence-corrected chi connectivity index (χ2v) is 3.99. The van der Waals surface area contributed by atoms with Crippen LogP contribution in [0.3, 0.4) is 0 Å². The van der Waals surface area contributed by atoms with E-state index in [0.717, 1.165) is 12.3 Å². The van der Waals surface area contributed by atoms with E-state index in [-0.39, 0.29) is 12.6 Å². The number of likely N-dealkylation sites (N-methyl/N-ethyl adjacent to an activating group) is 1. The standard InChI is InChI=1S/C12H18F3NO2/c1-2-16-10(8-11-4-3-6-18-11)5-7-17-9-12(13,14)15/h3-4,6,10,16H,2,5,7-9H2,1H3. The topological polar surface area (TPSA) is 34.4 Å². The highest BCUT2D eigenvalue weighted by atomic mass is 19.4. The van der Waals surface area contributed by atoms with E-state index in [1.165, 1.54) is 0 Å². The summed E-state index contributed by atoms with van der Waals surface area (Å²) in [6.07, 6.45) is -1.51. The number of hydrogen-bond donors (Lipinski definition) is 1. The van der Waals surface area contributed by atoms with E-state index in [2.05, 4.69) is 10.1 Å². The molecule has 1 unspecified atom stereocenters. The van der Waals surface area contributed by atoms with Crippen molar-refractivity contribution in [2.45, 2.75) is 32.0 Å². The van der Waals surface area contributed by atoms with Gasteiger partial charge in [0.15, 0.2) is 0 Å². The molecule has 0 fully saturated rings. The maximum atomic E-state index is 11.9. The molecule has 0 aliphatic carbocycles. The number of hydrogen-bond acceptors (Lipinski definition) is 3. The van der Waals surface area contributed by atoms with Crippen LogP contribution in [0.15, 0.2) is 22.8 Å². The zero-order valence-electron chi connectivity index (χ0n) is 10.3. The van der Waals surface area contributed by atoms with Gasteiger partial charge in [0, 0.05) is 19.1 Å². The van der Waals surface area contributed by atoms with Gasteiger partial charge in [0.25, 0.3) is 0 Å². The first-order valence-corrected chi connectivity index (χ1v) is 5.91. The second kappa shape index (κ2) is 7.43. The van der Waals surface area contributed by atoms with Crippen LogP contribution in [0.1, 0.15) is 19.1 Å². The Hall–Kier alpha value is -1.01. The molecule has 0 saturated carbocycles. The van der Waals surface area contributed by atoms with Gasteiger partial charge in [-0.25, -0.2) is 0 Å². The molecule has 0 aliphatic rings. The molecule has 0 aromatic carbocycles. The summed E-state index contributed by atoms with van der Waals surface area (Å²) in [6, 6.07) is 3.70. The third-order valence-corrected chi connectivity index (χ3v) is 2.40. The largest absolute Gasteiger partial charge is 0.469 e. The lowest BCUT2D eigenvalue weighted by Crippen LogP contribution is -2.32. The number of rotatable bonds is 8. The van der Waals surface area contributed by atoms with Crippen molar-refractivity contribution in [3.8, 4) is 0 Å². The first kappa shape index (κ1) is 15.0. The van der Waals surface area contributed by atoms with Crippen LogP contribution in [0.2, 0.25) is 0 Å². The predicted molar refractivity (Wildman–Crippen MR) is 61.4 cm³/mol. The number of alkyl halides is 3. The molecule has 6 heteroatoms. The summed E-state index contributed by atoms with van der Waals surface area (Å²) < 4.78 is 45.4. The fourth-order valence-corrected chi connectivity index (χ4v) is 1.65. The third kappa shape index (κ3) is 6.66. The van der Waals surface area contributed by atoms with E-state index in [9.17, 15) is 13.2 Å². The molecular weight excluding hydrogens is 247 g/mol. The molecule has 1 aromatic heterocycles. The highest BCUT2D eigenvalue weighted by molar-refractivity contribution is 5.00. The SMILES string of the molecule is CCNC(CCOCC(F)(F)F)Cc1ccco1. The van der Waals surface area contributed by atoms with Gasteiger partial charge in [0.2, 0.25) is 0 Å². The lowest BCUT2D eigenvalue weighted by molar-refractivity contribution is -0.174. The van der Waals surface area contributed by atoms with E-state index < -0.39 is 12.8 Å². The summed E-state index contributed by atoms with van der Waals surface area (Å²) in [5.74, 6) is 0.816. The van der Waals surface area contributed by atoms with Crippen molar-refractivity contribution in [3.63, 3.8) is 0 Å². The third-order valence-electron chi connectivity index (χ3n) is 2.40. The maximum absolute atomic E-state index is 11.9. The quantitative estimate of drug-likeness (QED) is 0.734. The highest BCUT2D eigenvalue weighted by Crippen LogP contribution is 2.15. The first-order chi connectivity index (χ1) is 8.51. The molecular formula is C12H18F3NO2. The van der Waals surface area contributed by atoms with Crippen molar-refractivity contribution in [1.82, 2.24) is 5.32 Å². The minimum absolute atomic E-state index is 0.0642. The van der Waals surface area contributed by atoms with Gasteiger partial charge >= 0.3 is 6.18 Å². The minimum Gasteiger partial charge on any atom is -0.469 e. The Labute approximate surface area is 104 Å². The summed E-state index contributed by atoms with van der Waals surface area (Å²) >= 11 is 0. The van der Waals surface area contributed by atoms with Gasteiger partial charge in [-0.2, -0.15) is 13.2 Å². The minimum atomic E-state index is -4.26. The number of halogens is 3. The van der Waals surface area contributed by atoms with Crippen molar-refractivity contribution < 1.29 is 22.3 Å². The maximum Gasteiger partial charge on any atom is 0.411 e. The van der Waals surface area contributed by atoms with Crippen molar-refractivity contribution in [2.24, 2.45) is 0 Å². The Bertz CT molecular complexity index is 312. The van der Waals surface area contributed by atoms with Crippen LogP contribution >= 0.6 is 0 Å². The van der Waals surface area contributed by atoms with Crippen molar-refractivity contribution in [3.05, 3.63) is 24.2 Å². The Morgan fingerprint density at radius 1 is 1.44 bits per heavy atom. The summed E-state index contributed by atoms with van der Waals surface area (Å²) in [5.41, 5.74) is 0. The van der Waals surface area contributed by atoms with Crippen LogP contribution < -0.4 is 5.32 Å². The summed E-state index contributed by atoms with van der Waals surface area (Å²) in [7, 11) is 0. The zero-order chi connectivity index (χ0) is 13.4. The molecule has 1 rings (SSSR count). The molecule has 3 nitrogen and oxygen atoms in total. The lowest BCUT2D eigenvalue weighted by atomic mass is 10.1. The average Bonchev–Trinajstić information content (AvgIpc) is 2.76. The monoisotopic (exact) mass is 265 g/mol. The molecule has 0 saturated heterocycles. The van der Waals surface area contributed by atoms with Crippen molar-refractivity contribution in [2.75, 3.05) is 19.8 Å². The Balaban J connectivity index is 2.25. The van der Waals surface area contributed by atoms with E-state index in [1.54, 1.807) is 12.3 Å². The van der Waals surface area contributed by atoms with Crippen LogP contribution in [0.4, 0.5) is 13.2 Å². The van der Waals surface area contributed by atoms with E-state index in [1.807, 2.05) is 13.0 Å². The summed E-state index contributed by atoms with van der Waals surface area (Å²) in [6.45, 7) is 1.60. The highest BCUT2D eigenvalue weighted by Gasteiger charge is 2.27. The molecule has 0 bridgehead atoms. The molecule has 1 aromatic rings. The Kier molecular flexibility index (Phi) is 6.21. The first-order valence-electron chi connectivity index (χ1n) is 5.91. The zero-order valence-corrected chi connectivity index (χ0v) is 10.3. The number of furan rings is 1. The summed E-state index contributed by atoms with van der Waals surface area (Å²) in [5, 5.41) is 3.20. The van der Waals surface area contributed by atoms with Gasteiger partial charge < -0.3 is 14.5 Å². The second-order valence-electron chi connectivity index (χ2n) is 3.99. The van der Waals surface area contributed by atoms with Gasteiger partial charge in [-0.3, -0.25) is 0 Å². The molecule has 0 spiro atoms.